The second-order valence-electron chi connectivity index (χ2n) is 5.77. The molecule has 7 heteroatoms. The summed E-state index contributed by atoms with van der Waals surface area (Å²) in [4.78, 5) is 15.0. The fourth-order valence-electron chi connectivity index (χ4n) is 3.01. The molecule has 1 heterocycles. The molecule has 1 aromatic rings. The normalized spacial score (nSPS) is 17.4. The Hall–Kier alpha value is -0.980. The van der Waals surface area contributed by atoms with Gasteiger partial charge in [-0.25, -0.2) is 0 Å². The number of hydrogen-bond donors (Lipinski definition) is 2. The molecule has 2 rings (SSSR count). The third-order valence-corrected chi connectivity index (χ3v) is 4.74. The van der Waals surface area contributed by atoms with Crippen molar-refractivity contribution in [3.63, 3.8) is 0 Å². The van der Waals surface area contributed by atoms with Crippen molar-refractivity contribution in [2.75, 3.05) is 26.2 Å². The molecule has 1 aliphatic heterocycles. The van der Waals surface area contributed by atoms with Crippen molar-refractivity contribution in [3.05, 3.63) is 22.2 Å². The first-order valence-corrected chi connectivity index (χ1v) is 9.03. The van der Waals surface area contributed by atoms with Gasteiger partial charge in [-0.2, -0.15) is 0 Å². The lowest BCUT2D eigenvalue weighted by atomic mass is 10.1. The summed E-state index contributed by atoms with van der Waals surface area (Å²) in [5.41, 5.74) is 0.441. The lowest BCUT2D eigenvalue weighted by Crippen LogP contribution is -2.40. The second-order valence-corrected chi connectivity index (χ2v) is 6.63. The van der Waals surface area contributed by atoms with Crippen molar-refractivity contribution in [1.29, 1.82) is 0 Å². The van der Waals surface area contributed by atoms with Crippen LogP contribution in [-0.2, 0) is 0 Å². The van der Waals surface area contributed by atoms with Gasteiger partial charge in [-0.15, -0.1) is 12.4 Å². The quantitative estimate of drug-likeness (QED) is 0.706. The molecule has 0 bridgehead atoms. The highest BCUT2D eigenvalue weighted by Gasteiger charge is 2.24. The summed E-state index contributed by atoms with van der Waals surface area (Å²) in [5.74, 6) is 0.301. The third kappa shape index (κ3) is 5.26. The summed E-state index contributed by atoms with van der Waals surface area (Å²) < 4.78 is 5.96. The van der Waals surface area contributed by atoms with Gasteiger partial charge in [-0.05, 0) is 61.3 Å². The zero-order valence-corrected chi connectivity index (χ0v) is 16.6. The summed E-state index contributed by atoms with van der Waals surface area (Å²) >= 11 is 3.25. The number of carbonyl (C=O) groups excluding carboxylic acids is 1. The Labute approximate surface area is 158 Å². The average molecular weight is 422 g/mol. The molecule has 24 heavy (non-hydrogen) atoms. The van der Waals surface area contributed by atoms with Gasteiger partial charge >= 0.3 is 0 Å². The number of benzene rings is 1. The van der Waals surface area contributed by atoms with Crippen molar-refractivity contribution in [2.45, 2.75) is 39.2 Å². The first kappa shape index (κ1) is 21.1. The topological polar surface area (TPSA) is 61.8 Å². The Morgan fingerprint density at radius 2 is 2.21 bits per heavy atom. The number of nitrogens with zero attached hydrogens (tertiary/aromatic N) is 1. The van der Waals surface area contributed by atoms with Crippen molar-refractivity contribution in [1.82, 2.24) is 10.2 Å². The van der Waals surface area contributed by atoms with E-state index in [0.29, 0.717) is 35.0 Å². The van der Waals surface area contributed by atoms with E-state index in [9.17, 15) is 9.90 Å². The van der Waals surface area contributed by atoms with E-state index < -0.39 is 0 Å². The summed E-state index contributed by atoms with van der Waals surface area (Å²) in [6.07, 6.45) is 3.44. The fourth-order valence-corrected chi connectivity index (χ4v) is 3.35. The number of carbonyl (C=O) groups is 1. The van der Waals surface area contributed by atoms with Crippen LogP contribution in [-0.4, -0.2) is 48.2 Å². The molecular weight excluding hydrogens is 396 g/mol. The molecule has 0 saturated carbocycles. The summed E-state index contributed by atoms with van der Waals surface area (Å²) in [6, 6.07) is 3.49. The number of aromatic hydroxyl groups is 1. The van der Waals surface area contributed by atoms with E-state index in [0.717, 1.165) is 25.9 Å². The van der Waals surface area contributed by atoms with E-state index in [-0.39, 0.29) is 24.1 Å². The van der Waals surface area contributed by atoms with Crippen LogP contribution in [0.1, 0.15) is 43.5 Å². The van der Waals surface area contributed by atoms with Crippen LogP contribution in [0.5, 0.6) is 11.5 Å². The molecule has 136 valence electrons. The van der Waals surface area contributed by atoms with Gasteiger partial charge in [0, 0.05) is 18.7 Å². The molecule has 5 nitrogen and oxygen atoms in total. The Morgan fingerprint density at radius 3 is 2.88 bits per heavy atom. The average Bonchev–Trinajstić information content (AvgIpc) is 2.96. The minimum Gasteiger partial charge on any atom is -0.507 e. The molecule has 2 N–H and O–H groups in total. The van der Waals surface area contributed by atoms with E-state index in [2.05, 4.69) is 33.1 Å². The van der Waals surface area contributed by atoms with Crippen molar-refractivity contribution in [3.8, 4) is 11.5 Å². The number of ether oxygens (including phenoxy) is 1. The smallest absolute Gasteiger partial charge is 0.255 e. The van der Waals surface area contributed by atoms with Crippen LogP contribution in [0.25, 0.3) is 0 Å². The van der Waals surface area contributed by atoms with Gasteiger partial charge in [0.25, 0.3) is 5.91 Å². The molecular formula is C17H26BrClN2O3. The van der Waals surface area contributed by atoms with E-state index in [4.69, 9.17) is 4.74 Å². The number of phenolic OH excluding ortho intramolecular Hbond substituents is 1. The minimum absolute atomic E-state index is 0. The molecule has 1 aliphatic rings. The molecule has 1 atom stereocenters. The maximum absolute atomic E-state index is 12.5. The first-order chi connectivity index (χ1) is 11.1. The van der Waals surface area contributed by atoms with Gasteiger partial charge in [0.1, 0.15) is 11.5 Å². The van der Waals surface area contributed by atoms with Gasteiger partial charge in [0.05, 0.1) is 16.6 Å². The van der Waals surface area contributed by atoms with Gasteiger partial charge in [-0.1, -0.05) is 6.92 Å². The molecule has 1 aromatic carbocycles. The Kier molecular flexibility index (Phi) is 8.87. The number of hydrogen-bond acceptors (Lipinski definition) is 4. The lowest BCUT2D eigenvalue weighted by molar-refractivity contribution is 0.0937. The van der Waals surface area contributed by atoms with Crippen LogP contribution in [0.3, 0.4) is 0 Å². The van der Waals surface area contributed by atoms with Crippen LogP contribution in [0.15, 0.2) is 16.6 Å². The second kappa shape index (κ2) is 10.1. The van der Waals surface area contributed by atoms with Gasteiger partial charge < -0.3 is 15.2 Å². The number of likely N-dealkylation sites (tertiary alicyclic amines) is 1. The minimum atomic E-state index is -0.169. The molecule has 1 saturated heterocycles. The highest BCUT2D eigenvalue weighted by atomic mass is 79.9. The number of nitrogens with one attached hydrogen (secondary N) is 1. The van der Waals surface area contributed by atoms with Gasteiger partial charge in [0.2, 0.25) is 0 Å². The molecule has 1 unspecified atom stereocenters. The zero-order valence-electron chi connectivity index (χ0n) is 14.2. The third-order valence-electron chi connectivity index (χ3n) is 4.10. The summed E-state index contributed by atoms with van der Waals surface area (Å²) in [5, 5.41) is 12.8. The monoisotopic (exact) mass is 420 g/mol. The predicted molar refractivity (Wildman–Crippen MR) is 101 cm³/mol. The predicted octanol–water partition coefficient (Wildman–Crippen LogP) is 3.58. The molecule has 1 fully saturated rings. The Morgan fingerprint density at radius 1 is 1.46 bits per heavy atom. The Bertz CT molecular complexity index is 557. The number of phenols is 1. The lowest BCUT2D eigenvalue weighted by Gasteiger charge is -2.24. The van der Waals surface area contributed by atoms with Crippen molar-refractivity contribution in [2.24, 2.45) is 0 Å². The Balaban J connectivity index is 0.00000288. The number of amides is 1. The van der Waals surface area contributed by atoms with E-state index >= 15 is 0 Å². The van der Waals surface area contributed by atoms with E-state index in [1.165, 1.54) is 12.5 Å². The standard InChI is InChI=1S/C17H25BrN2O3.ClH/c1-3-7-20-8-5-6-12(20)11-19-17(22)13-9-14(18)15(21)10-16(13)23-4-2;/h9-10,12,21H,3-8,11H2,1-2H3,(H,19,22);1H. The maximum atomic E-state index is 12.5. The van der Waals surface area contributed by atoms with Crippen LogP contribution < -0.4 is 10.1 Å². The summed E-state index contributed by atoms with van der Waals surface area (Å²) in [7, 11) is 0. The molecule has 0 aromatic heterocycles. The maximum Gasteiger partial charge on any atom is 0.255 e. The largest absolute Gasteiger partial charge is 0.507 e. The van der Waals surface area contributed by atoms with Gasteiger partial charge in [-0.3, -0.25) is 9.69 Å². The SMILES string of the molecule is CCCN1CCCC1CNC(=O)c1cc(Br)c(O)cc1OCC.Cl. The van der Waals surface area contributed by atoms with Crippen LogP contribution in [0, 0.1) is 0 Å². The molecule has 0 radical (unpaired) electrons. The van der Waals surface area contributed by atoms with E-state index in [1.54, 1.807) is 6.07 Å². The number of rotatable bonds is 7. The highest BCUT2D eigenvalue weighted by Crippen LogP contribution is 2.32. The van der Waals surface area contributed by atoms with Crippen molar-refractivity contribution >= 4 is 34.2 Å². The summed E-state index contributed by atoms with van der Waals surface area (Å²) in [6.45, 7) is 7.30. The first-order valence-electron chi connectivity index (χ1n) is 8.24. The fraction of sp³-hybridized carbons (Fsp3) is 0.588. The zero-order chi connectivity index (χ0) is 16.8. The van der Waals surface area contributed by atoms with Crippen LogP contribution in [0.4, 0.5) is 0 Å². The van der Waals surface area contributed by atoms with Crippen LogP contribution in [0.2, 0.25) is 0 Å². The molecule has 0 aliphatic carbocycles. The van der Waals surface area contributed by atoms with Gasteiger partial charge in [0.15, 0.2) is 0 Å². The van der Waals surface area contributed by atoms with E-state index in [1.807, 2.05) is 6.92 Å². The van der Waals surface area contributed by atoms with Crippen LogP contribution >= 0.6 is 28.3 Å². The van der Waals surface area contributed by atoms with Crippen molar-refractivity contribution < 1.29 is 14.6 Å². The highest BCUT2D eigenvalue weighted by molar-refractivity contribution is 9.10. The molecule has 0 spiro atoms. The molecule has 1 amide bonds. The number of halogens is 2.